The van der Waals surface area contributed by atoms with Gasteiger partial charge in [-0.25, -0.2) is 9.97 Å². The van der Waals surface area contributed by atoms with Crippen molar-refractivity contribution in [3.05, 3.63) is 48.0 Å². The van der Waals surface area contributed by atoms with Crippen molar-refractivity contribution in [3.8, 4) is 0 Å². The molecule has 0 atom stereocenters. The summed E-state index contributed by atoms with van der Waals surface area (Å²) in [5.41, 5.74) is 1.94. The Labute approximate surface area is 156 Å². The van der Waals surface area contributed by atoms with Crippen molar-refractivity contribution in [3.63, 3.8) is 0 Å². The van der Waals surface area contributed by atoms with Gasteiger partial charge < -0.3 is 10.1 Å². The van der Waals surface area contributed by atoms with Crippen molar-refractivity contribution >= 4 is 28.9 Å². The number of carbonyl (C=O) groups excluding carboxylic acids is 2. The quantitative estimate of drug-likeness (QED) is 0.718. The number of aryl methyl sites for hydroxylation is 1. The van der Waals surface area contributed by atoms with Crippen molar-refractivity contribution in [1.29, 1.82) is 0 Å². The Morgan fingerprint density at radius 3 is 2.81 bits per heavy atom. The van der Waals surface area contributed by atoms with Crippen LogP contribution in [0.3, 0.4) is 0 Å². The van der Waals surface area contributed by atoms with Gasteiger partial charge in [-0.2, -0.15) is 5.10 Å². The van der Waals surface area contributed by atoms with Crippen molar-refractivity contribution in [2.45, 2.75) is 38.6 Å². The van der Waals surface area contributed by atoms with E-state index in [1.807, 2.05) is 29.9 Å². The molecule has 3 aromatic rings. The summed E-state index contributed by atoms with van der Waals surface area (Å²) in [7, 11) is 0. The molecule has 138 valence electrons. The first-order valence-corrected chi connectivity index (χ1v) is 9.17. The Kier molecular flexibility index (Phi) is 4.66. The maximum atomic E-state index is 12.4. The van der Waals surface area contributed by atoms with Gasteiger partial charge in [0.05, 0.1) is 12.2 Å². The lowest BCUT2D eigenvalue weighted by Gasteiger charge is -2.25. The highest BCUT2D eigenvalue weighted by atomic mass is 16.2. The van der Waals surface area contributed by atoms with Gasteiger partial charge >= 0.3 is 0 Å². The second-order valence-corrected chi connectivity index (χ2v) is 7.06. The largest absolute Gasteiger partial charge is 0.305 e. The molecule has 0 saturated heterocycles. The number of nitrogens with one attached hydrogen (secondary N) is 1. The average Bonchev–Trinajstić information content (AvgIpc) is 3.11. The van der Waals surface area contributed by atoms with Crippen LogP contribution in [0.25, 0.3) is 10.9 Å². The number of carbonyl (C=O) groups is 2. The molecular weight excluding hydrogens is 342 g/mol. The summed E-state index contributed by atoms with van der Waals surface area (Å²) in [6.07, 6.45) is 8.45. The molecule has 0 spiro atoms. The number of amides is 1. The zero-order valence-corrected chi connectivity index (χ0v) is 15.1. The summed E-state index contributed by atoms with van der Waals surface area (Å²) in [6.45, 7) is 1.85. The Bertz CT molecular complexity index is 989. The van der Waals surface area contributed by atoms with Crippen LogP contribution in [-0.4, -0.2) is 31.9 Å². The van der Waals surface area contributed by atoms with E-state index >= 15 is 0 Å². The average molecular weight is 363 g/mol. The predicted molar refractivity (Wildman–Crippen MR) is 102 cm³/mol. The molecule has 0 aliphatic heterocycles. The van der Waals surface area contributed by atoms with E-state index in [1.54, 1.807) is 18.3 Å². The van der Waals surface area contributed by atoms with Crippen molar-refractivity contribution in [2.75, 3.05) is 5.32 Å². The van der Waals surface area contributed by atoms with E-state index in [4.69, 9.17) is 0 Å². The number of hydrogen-bond acceptors (Lipinski definition) is 5. The Balaban J connectivity index is 1.51. The molecule has 7 nitrogen and oxygen atoms in total. The molecule has 1 fully saturated rings. The Morgan fingerprint density at radius 1 is 1.26 bits per heavy atom. The summed E-state index contributed by atoms with van der Waals surface area (Å²) in [5, 5.41) is 8.34. The number of nitrogens with zero attached hydrogens (tertiary/aromatic N) is 4. The molecule has 0 unspecified atom stereocenters. The third-order valence-electron chi connectivity index (χ3n) is 5.08. The fraction of sp³-hybridized carbons (Fsp3) is 0.350. The first-order chi connectivity index (χ1) is 13.1. The standard InChI is InChI=1S/C20H21N5O2/c1-13-3-2-4-17(22-13)20(27)23-19-9-15-11-25(24-18(15)10-21-19)16-7-5-14(12-26)6-8-16/h2-4,9-12,14,16H,5-8H2,1H3,(H,23,27). The molecule has 1 saturated carbocycles. The van der Waals surface area contributed by atoms with Crippen molar-refractivity contribution in [1.82, 2.24) is 19.7 Å². The number of rotatable bonds is 4. The van der Waals surface area contributed by atoms with Crippen LogP contribution in [0.5, 0.6) is 0 Å². The molecule has 1 aliphatic carbocycles. The van der Waals surface area contributed by atoms with Gasteiger partial charge in [0, 0.05) is 23.2 Å². The normalized spacial score (nSPS) is 19.7. The van der Waals surface area contributed by atoms with E-state index in [2.05, 4.69) is 20.4 Å². The van der Waals surface area contributed by atoms with Gasteiger partial charge in [0.1, 0.15) is 23.3 Å². The highest BCUT2D eigenvalue weighted by Crippen LogP contribution is 2.31. The lowest BCUT2D eigenvalue weighted by Crippen LogP contribution is -2.19. The highest BCUT2D eigenvalue weighted by Gasteiger charge is 2.22. The predicted octanol–water partition coefficient (Wildman–Crippen LogP) is 3.32. The van der Waals surface area contributed by atoms with E-state index < -0.39 is 0 Å². The molecule has 1 aliphatic rings. The third-order valence-corrected chi connectivity index (χ3v) is 5.08. The van der Waals surface area contributed by atoms with Gasteiger partial charge in [-0.05, 0) is 50.8 Å². The molecule has 0 aromatic carbocycles. The summed E-state index contributed by atoms with van der Waals surface area (Å²) in [5.74, 6) is 0.370. The molecule has 1 amide bonds. The Hall–Kier alpha value is -3.09. The minimum atomic E-state index is -0.287. The zero-order chi connectivity index (χ0) is 18.8. The van der Waals surface area contributed by atoms with E-state index in [0.717, 1.165) is 48.6 Å². The fourth-order valence-corrected chi connectivity index (χ4v) is 3.55. The van der Waals surface area contributed by atoms with Gasteiger partial charge in [0.25, 0.3) is 5.91 Å². The minimum Gasteiger partial charge on any atom is -0.305 e. The highest BCUT2D eigenvalue weighted by molar-refractivity contribution is 6.03. The van der Waals surface area contributed by atoms with E-state index in [0.29, 0.717) is 17.6 Å². The molecule has 27 heavy (non-hydrogen) atoms. The van der Waals surface area contributed by atoms with Gasteiger partial charge in [-0.1, -0.05) is 6.07 Å². The molecule has 0 radical (unpaired) electrons. The number of hydrogen-bond donors (Lipinski definition) is 1. The SMILES string of the molecule is Cc1cccc(C(=O)Nc2cc3cn(C4CCC(C=O)CC4)nc3cn2)n1. The topological polar surface area (TPSA) is 89.8 Å². The van der Waals surface area contributed by atoms with Crippen LogP contribution in [-0.2, 0) is 4.79 Å². The lowest BCUT2D eigenvalue weighted by molar-refractivity contribution is -0.112. The maximum Gasteiger partial charge on any atom is 0.275 e. The van der Waals surface area contributed by atoms with Crippen LogP contribution >= 0.6 is 0 Å². The second-order valence-electron chi connectivity index (χ2n) is 7.06. The smallest absolute Gasteiger partial charge is 0.275 e. The van der Waals surface area contributed by atoms with Crippen LogP contribution in [0.2, 0.25) is 0 Å². The molecular formula is C20H21N5O2. The third kappa shape index (κ3) is 3.72. The first-order valence-electron chi connectivity index (χ1n) is 9.17. The fourth-order valence-electron chi connectivity index (χ4n) is 3.55. The van der Waals surface area contributed by atoms with Gasteiger partial charge in [-0.15, -0.1) is 0 Å². The molecule has 7 heteroatoms. The zero-order valence-electron chi connectivity index (χ0n) is 15.1. The summed E-state index contributed by atoms with van der Waals surface area (Å²) < 4.78 is 1.97. The number of aromatic nitrogens is 4. The first kappa shape index (κ1) is 17.3. The number of anilines is 1. The lowest BCUT2D eigenvalue weighted by atomic mass is 9.87. The monoisotopic (exact) mass is 363 g/mol. The van der Waals surface area contributed by atoms with Crippen LogP contribution in [0.15, 0.2) is 36.7 Å². The van der Waals surface area contributed by atoms with Gasteiger partial charge in [-0.3, -0.25) is 9.48 Å². The summed E-state index contributed by atoms with van der Waals surface area (Å²) in [4.78, 5) is 31.8. The van der Waals surface area contributed by atoms with Crippen LogP contribution < -0.4 is 5.32 Å². The van der Waals surface area contributed by atoms with E-state index in [9.17, 15) is 9.59 Å². The van der Waals surface area contributed by atoms with E-state index in [-0.39, 0.29) is 11.8 Å². The molecule has 1 N–H and O–H groups in total. The number of pyridine rings is 2. The maximum absolute atomic E-state index is 12.4. The minimum absolute atomic E-state index is 0.185. The van der Waals surface area contributed by atoms with Gasteiger partial charge in [0.2, 0.25) is 0 Å². The van der Waals surface area contributed by atoms with Crippen LogP contribution in [0.4, 0.5) is 5.82 Å². The van der Waals surface area contributed by atoms with E-state index in [1.165, 1.54) is 0 Å². The van der Waals surface area contributed by atoms with Crippen molar-refractivity contribution < 1.29 is 9.59 Å². The number of aldehydes is 1. The molecule has 3 heterocycles. The summed E-state index contributed by atoms with van der Waals surface area (Å²) >= 11 is 0. The van der Waals surface area contributed by atoms with Crippen molar-refractivity contribution in [2.24, 2.45) is 5.92 Å². The molecule has 4 rings (SSSR count). The molecule has 3 aromatic heterocycles. The van der Waals surface area contributed by atoms with Gasteiger partial charge in [0.15, 0.2) is 0 Å². The summed E-state index contributed by atoms with van der Waals surface area (Å²) in [6, 6.07) is 7.45. The molecule has 0 bridgehead atoms. The Morgan fingerprint density at radius 2 is 2.07 bits per heavy atom. The van der Waals surface area contributed by atoms with Crippen LogP contribution in [0, 0.1) is 12.8 Å². The number of fused-ring (bicyclic) bond motifs is 1. The second kappa shape index (κ2) is 7.26. The van der Waals surface area contributed by atoms with Crippen LogP contribution in [0.1, 0.15) is 47.9 Å².